The summed E-state index contributed by atoms with van der Waals surface area (Å²) in [5, 5.41) is 11.2. The summed E-state index contributed by atoms with van der Waals surface area (Å²) in [6, 6.07) is 10.3. The number of rotatable bonds is 7. The minimum Gasteiger partial charge on any atom is -0.472 e. The van der Waals surface area contributed by atoms with Crippen molar-refractivity contribution in [2.45, 2.75) is 13.1 Å². The summed E-state index contributed by atoms with van der Waals surface area (Å²) >= 11 is 10.9. The SMILES string of the molecule is O=C(c1ccno1)n1nc(-c2c(Br)ccn(Cc3ccoc3)c2=O)cc1NCc1ccc(Cl)s1. The zero-order chi connectivity index (χ0) is 23.7. The molecule has 1 N–H and O–H groups in total. The maximum absolute atomic E-state index is 13.3. The van der Waals surface area contributed by atoms with E-state index in [4.69, 9.17) is 20.5 Å². The Hall–Kier alpha value is -3.41. The topological polar surface area (TPSA) is 108 Å². The highest BCUT2D eigenvalue weighted by molar-refractivity contribution is 9.10. The summed E-state index contributed by atoms with van der Waals surface area (Å²) in [6.45, 7) is 0.741. The van der Waals surface area contributed by atoms with Crippen LogP contribution < -0.4 is 10.9 Å². The Balaban J connectivity index is 1.55. The van der Waals surface area contributed by atoms with Gasteiger partial charge in [-0.1, -0.05) is 16.8 Å². The lowest BCUT2D eigenvalue weighted by Crippen LogP contribution is -2.22. The molecule has 0 amide bonds. The molecule has 5 heterocycles. The van der Waals surface area contributed by atoms with E-state index < -0.39 is 5.91 Å². The third-order valence-electron chi connectivity index (χ3n) is 4.93. The molecule has 0 spiro atoms. The summed E-state index contributed by atoms with van der Waals surface area (Å²) in [4.78, 5) is 27.3. The van der Waals surface area contributed by atoms with E-state index in [2.05, 4.69) is 31.5 Å². The van der Waals surface area contributed by atoms with E-state index in [9.17, 15) is 9.59 Å². The second kappa shape index (κ2) is 9.45. The first-order valence-electron chi connectivity index (χ1n) is 9.93. The van der Waals surface area contributed by atoms with Gasteiger partial charge in [0.25, 0.3) is 5.56 Å². The maximum Gasteiger partial charge on any atom is 0.318 e. The van der Waals surface area contributed by atoms with Crippen LogP contribution in [0.15, 0.2) is 79.5 Å². The Morgan fingerprint density at radius 3 is 2.82 bits per heavy atom. The number of carbonyl (C=O) groups is 1. The highest BCUT2D eigenvalue weighted by Gasteiger charge is 2.23. The molecule has 0 atom stereocenters. The highest BCUT2D eigenvalue weighted by atomic mass is 79.9. The van der Waals surface area contributed by atoms with Gasteiger partial charge < -0.3 is 18.8 Å². The van der Waals surface area contributed by atoms with Crippen molar-refractivity contribution in [1.82, 2.24) is 19.5 Å². The van der Waals surface area contributed by atoms with Gasteiger partial charge in [-0.15, -0.1) is 11.3 Å². The number of aromatic nitrogens is 4. The maximum atomic E-state index is 13.3. The van der Waals surface area contributed by atoms with E-state index in [1.807, 2.05) is 6.07 Å². The molecular formula is C22H15BrClN5O4S. The molecule has 12 heteroatoms. The van der Waals surface area contributed by atoms with Crippen LogP contribution in [0.25, 0.3) is 11.3 Å². The summed E-state index contributed by atoms with van der Waals surface area (Å²) in [6.07, 6.45) is 6.19. The van der Waals surface area contributed by atoms with Crippen LogP contribution in [0.4, 0.5) is 5.82 Å². The van der Waals surface area contributed by atoms with Crippen molar-refractivity contribution in [3.8, 4) is 11.3 Å². The van der Waals surface area contributed by atoms with Crippen molar-refractivity contribution in [3.05, 3.63) is 96.7 Å². The molecule has 172 valence electrons. The Bertz CT molecular complexity index is 1500. The van der Waals surface area contributed by atoms with Crippen molar-refractivity contribution < 1.29 is 13.7 Å². The lowest BCUT2D eigenvalue weighted by Gasteiger charge is -2.07. The summed E-state index contributed by atoms with van der Waals surface area (Å²) < 4.78 is 14.0. The normalized spacial score (nSPS) is 11.1. The lowest BCUT2D eigenvalue weighted by molar-refractivity contribution is 0.0911. The van der Waals surface area contributed by atoms with Gasteiger partial charge in [-0.25, -0.2) is 0 Å². The number of anilines is 1. The zero-order valence-electron chi connectivity index (χ0n) is 17.3. The van der Waals surface area contributed by atoms with Gasteiger partial charge >= 0.3 is 5.91 Å². The fraction of sp³-hybridized carbons (Fsp3) is 0.0909. The minimum atomic E-state index is -0.527. The molecular weight excluding hydrogens is 546 g/mol. The fourth-order valence-corrected chi connectivity index (χ4v) is 4.85. The Kier molecular flexibility index (Phi) is 6.22. The third-order valence-corrected chi connectivity index (χ3v) is 6.82. The van der Waals surface area contributed by atoms with Crippen LogP contribution >= 0.6 is 38.9 Å². The standard InChI is InChI=1S/C22H15BrClN5O4S/c23-15-4-7-28(11-13-5-8-32-12-13)22(31)20(15)16-9-19(25-10-14-1-2-18(24)34-14)29(27-16)21(30)17-3-6-26-33-17/h1-9,12,25H,10-11H2. The molecule has 0 radical (unpaired) electrons. The largest absolute Gasteiger partial charge is 0.472 e. The van der Waals surface area contributed by atoms with Gasteiger partial charge in [0.15, 0.2) is 0 Å². The van der Waals surface area contributed by atoms with Gasteiger partial charge in [0.05, 0.1) is 41.7 Å². The number of nitrogens with one attached hydrogen (secondary N) is 1. The van der Waals surface area contributed by atoms with Crippen molar-refractivity contribution in [1.29, 1.82) is 0 Å². The number of pyridine rings is 1. The number of furan rings is 1. The van der Waals surface area contributed by atoms with Crippen LogP contribution in [0.1, 0.15) is 21.0 Å². The van der Waals surface area contributed by atoms with Gasteiger partial charge in [0.2, 0.25) is 5.76 Å². The summed E-state index contributed by atoms with van der Waals surface area (Å²) in [5.41, 5.74) is 1.21. The van der Waals surface area contributed by atoms with Crippen LogP contribution in [0, 0.1) is 0 Å². The van der Waals surface area contributed by atoms with E-state index in [0.717, 1.165) is 15.1 Å². The number of carbonyl (C=O) groups excluding carboxylic acids is 1. The van der Waals surface area contributed by atoms with E-state index in [0.29, 0.717) is 39.0 Å². The van der Waals surface area contributed by atoms with E-state index >= 15 is 0 Å². The van der Waals surface area contributed by atoms with Crippen molar-refractivity contribution >= 4 is 50.6 Å². The average molecular weight is 561 g/mol. The van der Waals surface area contributed by atoms with E-state index in [1.165, 1.54) is 23.6 Å². The molecule has 5 rings (SSSR count). The van der Waals surface area contributed by atoms with Gasteiger partial charge in [-0.05, 0) is 40.2 Å². The predicted molar refractivity (Wildman–Crippen MR) is 130 cm³/mol. The number of halogens is 2. The van der Waals surface area contributed by atoms with Crippen molar-refractivity contribution in [2.75, 3.05) is 5.32 Å². The Labute approximate surface area is 209 Å². The number of nitrogens with zero attached hydrogens (tertiary/aromatic N) is 4. The predicted octanol–water partition coefficient (Wildman–Crippen LogP) is 5.12. The van der Waals surface area contributed by atoms with Gasteiger partial charge in [0, 0.05) is 33.2 Å². The van der Waals surface area contributed by atoms with Crippen molar-refractivity contribution in [2.24, 2.45) is 0 Å². The molecule has 0 unspecified atom stereocenters. The average Bonchev–Trinajstić information content (AvgIpc) is 3.62. The molecule has 5 aromatic rings. The molecule has 0 aliphatic carbocycles. The fourth-order valence-electron chi connectivity index (χ4n) is 3.33. The first kappa shape index (κ1) is 22.4. The number of hydrogen-bond donors (Lipinski definition) is 1. The molecule has 0 saturated heterocycles. The molecule has 0 aliphatic rings. The molecule has 0 saturated carbocycles. The molecule has 0 aliphatic heterocycles. The van der Waals surface area contributed by atoms with Crippen LogP contribution in [0.3, 0.4) is 0 Å². The van der Waals surface area contributed by atoms with Gasteiger partial charge in [-0.3, -0.25) is 9.59 Å². The second-order valence-electron chi connectivity index (χ2n) is 7.17. The first-order valence-corrected chi connectivity index (χ1v) is 11.9. The van der Waals surface area contributed by atoms with Crippen LogP contribution in [0.2, 0.25) is 4.34 Å². The molecule has 0 fully saturated rings. The first-order chi connectivity index (χ1) is 16.5. The van der Waals surface area contributed by atoms with Gasteiger partial charge in [0.1, 0.15) is 11.5 Å². The lowest BCUT2D eigenvalue weighted by atomic mass is 10.2. The number of hydrogen-bond acceptors (Lipinski definition) is 8. The molecule has 0 bridgehead atoms. The van der Waals surface area contributed by atoms with E-state index in [1.54, 1.807) is 47.6 Å². The van der Waals surface area contributed by atoms with Crippen LogP contribution in [-0.2, 0) is 13.1 Å². The molecule has 0 aromatic carbocycles. The second-order valence-corrected chi connectivity index (χ2v) is 9.83. The Morgan fingerprint density at radius 1 is 1.24 bits per heavy atom. The number of thiophene rings is 1. The quantitative estimate of drug-likeness (QED) is 0.294. The van der Waals surface area contributed by atoms with Crippen LogP contribution in [0.5, 0.6) is 0 Å². The summed E-state index contributed by atoms with van der Waals surface area (Å²) in [5.74, 6) is -0.125. The zero-order valence-corrected chi connectivity index (χ0v) is 20.4. The Morgan fingerprint density at radius 2 is 2.12 bits per heavy atom. The molecule has 34 heavy (non-hydrogen) atoms. The molecule has 9 nitrogen and oxygen atoms in total. The summed E-state index contributed by atoms with van der Waals surface area (Å²) in [7, 11) is 0. The smallest absolute Gasteiger partial charge is 0.318 e. The van der Waals surface area contributed by atoms with Crippen molar-refractivity contribution in [3.63, 3.8) is 0 Å². The third kappa shape index (κ3) is 4.49. The minimum absolute atomic E-state index is 0.0152. The van der Waals surface area contributed by atoms with Crippen LogP contribution in [-0.4, -0.2) is 25.4 Å². The van der Waals surface area contributed by atoms with E-state index in [-0.39, 0.29) is 11.3 Å². The highest BCUT2D eigenvalue weighted by Crippen LogP contribution is 2.28. The monoisotopic (exact) mass is 559 g/mol. The molecule has 5 aromatic heterocycles. The van der Waals surface area contributed by atoms with Gasteiger partial charge in [-0.2, -0.15) is 9.78 Å².